The Hall–Kier alpha value is -3.17. The van der Waals surface area contributed by atoms with Crippen molar-refractivity contribution < 1.29 is 4.79 Å². The number of rotatable bonds is 5. The first-order chi connectivity index (χ1) is 12.6. The Balaban J connectivity index is 1.82. The summed E-state index contributed by atoms with van der Waals surface area (Å²) in [7, 11) is 0. The Kier molecular flexibility index (Phi) is 5.30. The number of benzene rings is 1. The maximum Gasteiger partial charge on any atom is 0.262 e. The molecule has 2 heterocycles. The lowest BCUT2D eigenvalue weighted by Gasteiger charge is -2.05. The third-order valence-corrected chi connectivity index (χ3v) is 4.80. The van der Waals surface area contributed by atoms with E-state index in [0.29, 0.717) is 6.54 Å². The van der Waals surface area contributed by atoms with Gasteiger partial charge in [-0.05, 0) is 37.1 Å². The number of thiazole rings is 1. The van der Waals surface area contributed by atoms with Crippen LogP contribution in [-0.4, -0.2) is 15.5 Å². The van der Waals surface area contributed by atoms with Crippen LogP contribution in [0.5, 0.6) is 0 Å². The van der Waals surface area contributed by atoms with Crippen molar-refractivity contribution in [2.75, 3.05) is 0 Å². The number of amides is 1. The molecule has 1 amide bonds. The number of aryl methyl sites for hydroxylation is 1. The molecular formula is C20H18N4OS. The first kappa shape index (κ1) is 17.6. The molecule has 3 rings (SSSR count). The molecule has 2 aromatic heterocycles. The molecule has 0 saturated carbocycles. The molecule has 0 aliphatic rings. The molecule has 0 spiro atoms. The average Bonchev–Trinajstić information content (AvgIpc) is 3.26. The quantitative estimate of drug-likeness (QED) is 0.555. The molecule has 0 unspecified atom stereocenters. The van der Waals surface area contributed by atoms with Gasteiger partial charge in [0.15, 0.2) is 5.13 Å². The van der Waals surface area contributed by atoms with Crippen LogP contribution in [0, 0.1) is 25.2 Å². The molecule has 1 aromatic carbocycles. The van der Waals surface area contributed by atoms with E-state index < -0.39 is 0 Å². The van der Waals surface area contributed by atoms with Crippen molar-refractivity contribution in [1.29, 1.82) is 5.26 Å². The molecule has 0 radical (unpaired) electrons. The second kappa shape index (κ2) is 7.81. The van der Waals surface area contributed by atoms with E-state index in [-0.39, 0.29) is 11.5 Å². The number of carbonyl (C=O) groups excluding carboxylic acids is 1. The van der Waals surface area contributed by atoms with Crippen molar-refractivity contribution in [1.82, 2.24) is 14.9 Å². The molecule has 0 aliphatic heterocycles. The number of aromatic nitrogens is 2. The van der Waals surface area contributed by atoms with Gasteiger partial charge in [0.2, 0.25) is 0 Å². The van der Waals surface area contributed by atoms with E-state index in [0.717, 1.165) is 27.6 Å². The van der Waals surface area contributed by atoms with Crippen LogP contribution in [0.4, 0.5) is 0 Å². The second-order valence-corrected chi connectivity index (χ2v) is 6.69. The van der Waals surface area contributed by atoms with Crippen LogP contribution >= 0.6 is 11.3 Å². The van der Waals surface area contributed by atoms with Crippen molar-refractivity contribution in [3.05, 3.63) is 76.1 Å². The largest absolute Gasteiger partial charge is 0.347 e. The predicted octanol–water partition coefficient (Wildman–Crippen LogP) is 3.77. The van der Waals surface area contributed by atoms with Gasteiger partial charge in [-0.15, -0.1) is 11.3 Å². The highest BCUT2D eigenvalue weighted by Crippen LogP contribution is 2.24. The molecule has 6 heteroatoms. The summed E-state index contributed by atoms with van der Waals surface area (Å²) in [5.41, 5.74) is 3.86. The molecule has 1 N–H and O–H groups in total. The van der Waals surface area contributed by atoms with Gasteiger partial charge in [0.25, 0.3) is 5.91 Å². The van der Waals surface area contributed by atoms with E-state index in [2.05, 4.69) is 10.3 Å². The number of hydrogen-bond donors (Lipinski definition) is 1. The fourth-order valence-corrected chi connectivity index (χ4v) is 3.48. The molecule has 0 aliphatic carbocycles. The summed E-state index contributed by atoms with van der Waals surface area (Å²) in [5.74, 6) is -0.379. The van der Waals surface area contributed by atoms with Gasteiger partial charge < -0.3 is 5.32 Å². The maximum absolute atomic E-state index is 12.4. The number of nitriles is 1. The zero-order valence-corrected chi connectivity index (χ0v) is 15.4. The molecule has 0 saturated heterocycles. The average molecular weight is 362 g/mol. The van der Waals surface area contributed by atoms with E-state index in [9.17, 15) is 10.1 Å². The zero-order chi connectivity index (χ0) is 18.5. The lowest BCUT2D eigenvalue weighted by molar-refractivity contribution is -0.117. The normalized spacial score (nSPS) is 11.2. The molecule has 0 bridgehead atoms. The Morgan fingerprint density at radius 2 is 2.12 bits per heavy atom. The smallest absolute Gasteiger partial charge is 0.262 e. The van der Waals surface area contributed by atoms with Gasteiger partial charge >= 0.3 is 0 Å². The van der Waals surface area contributed by atoms with Crippen molar-refractivity contribution in [3.63, 3.8) is 0 Å². The van der Waals surface area contributed by atoms with Gasteiger partial charge in [-0.3, -0.25) is 9.36 Å². The van der Waals surface area contributed by atoms with Gasteiger partial charge in [-0.2, -0.15) is 5.26 Å². The van der Waals surface area contributed by atoms with Crippen LogP contribution in [0.1, 0.15) is 22.5 Å². The highest BCUT2D eigenvalue weighted by molar-refractivity contribution is 7.12. The van der Waals surface area contributed by atoms with Crippen LogP contribution in [-0.2, 0) is 11.3 Å². The van der Waals surface area contributed by atoms with E-state index in [1.54, 1.807) is 23.6 Å². The minimum Gasteiger partial charge on any atom is -0.347 e. The first-order valence-electron chi connectivity index (χ1n) is 8.13. The molecule has 3 aromatic rings. The lowest BCUT2D eigenvalue weighted by atomic mass is 10.1. The number of nitrogens with one attached hydrogen (secondary N) is 1. The Bertz CT molecular complexity index is 979. The Morgan fingerprint density at radius 1 is 1.35 bits per heavy atom. The second-order valence-electron chi connectivity index (χ2n) is 5.81. The fraction of sp³-hybridized carbons (Fsp3) is 0.150. The van der Waals surface area contributed by atoms with E-state index >= 15 is 0 Å². The zero-order valence-electron chi connectivity index (χ0n) is 14.6. The lowest BCUT2D eigenvalue weighted by Crippen LogP contribution is -2.23. The minimum absolute atomic E-state index is 0.0836. The molecule has 5 nitrogen and oxygen atoms in total. The Morgan fingerprint density at radius 3 is 2.77 bits per heavy atom. The SMILES string of the molecule is Cc1cc(/C=C(\C#N)C(=O)NCc2ccccc2)c(C)n1-c1nccs1. The number of nitrogens with zero attached hydrogens (tertiary/aromatic N) is 3. The van der Waals surface area contributed by atoms with Gasteiger partial charge in [0.1, 0.15) is 11.6 Å². The molecule has 0 fully saturated rings. The maximum atomic E-state index is 12.4. The minimum atomic E-state index is -0.379. The van der Waals surface area contributed by atoms with Gasteiger partial charge in [-0.25, -0.2) is 4.98 Å². The summed E-state index contributed by atoms with van der Waals surface area (Å²) in [6, 6.07) is 13.6. The summed E-state index contributed by atoms with van der Waals surface area (Å²) >= 11 is 1.54. The molecule has 26 heavy (non-hydrogen) atoms. The van der Waals surface area contributed by atoms with E-state index in [1.807, 2.05) is 66.3 Å². The number of carbonyl (C=O) groups is 1. The van der Waals surface area contributed by atoms with E-state index in [4.69, 9.17) is 0 Å². The van der Waals surface area contributed by atoms with Crippen LogP contribution < -0.4 is 5.32 Å². The molecule has 130 valence electrons. The predicted molar refractivity (Wildman–Crippen MR) is 103 cm³/mol. The molecule has 0 atom stereocenters. The van der Waals surface area contributed by atoms with Gasteiger partial charge in [0.05, 0.1) is 0 Å². The van der Waals surface area contributed by atoms with E-state index in [1.165, 1.54) is 0 Å². The summed E-state index contributed by atoms with van der Waals surface area (Å²) in [4.78, 5) is 16.7. The van der Waals surface area contributed by atoms with Crippen molar-refractivity contribution in [3.8, 4) is 11.2 Å². The highest BCUT2D eigenvalue weighted by atomic mass is 32.1. The summed E-state index contributed by atoms with van der Waals surface area (Å²) in [6.07, 6.45) is 3.39. The summed E-state index contributed by atoms with van der Waals surface area (Å²) < 4.78 is 2.02. The molecular weight excluding hydrogens is 344 g/mol. The van der Waals surface area contributed by atoms with Crippen LogP contribution in [0.3, 0.4) is 0 Å². The van der Waals surface area contributed by atoms with Crippen molar-refractivity contribution in [2.45, 2.75) is 20.4 Å². The summed E-state index contributed by atoms with van der Waals surface area (Å²) in [6.45, 7) is 4.32. The fourth-order valence-electron chi connectivity index (χ4n) is 2.73. The van der Waals surface area contributed by atoms with Crippen LogP contribution in [0.15, 0.2) is 53.5 Å². The van der Waals surface area contributed by atoms with Crippen molar-refractivity contribution >= 4 is 23.3 Å². The topological polar surface area (TPSA) is 70.7 Å². The van der Waals surface area contributed by atoms with Gasteiger partial charge in [-0.1, -0.05) is 30.3 Å². The van der Waals surface area contributed by atoms with Crippen LogP contribution in [0.25, 0.3) is 11.2 Å². The highest BCUT2D eigenvalue weighted by Gasteiger charge is 2.14. The Labute approximate surface area is 156 Å². The third kappa shape index (κ3) is 3.73. The summed E-state index contributed by atoms with van der Waals surface area (Å²) in [5, 5.41) is 15.0. The van der Waals surface area contributed by atoms with Crippen molar-refractivity contribution in [2.24, 2.45) is 0 Å². The first-order valence-corrected chi connectivity index (χ1v) is 9.01. The third-order valence-electron chi connectivity index (χ3n) is 4.04. The van der Waals surface area contributed by atoms with Gasteiger partial charge in [0, 0.05) is 29.5 Å². The number of hydrogen-bond acceptors (Lipinski definition) is 4. The monoisotopic (exact) mass is 362 g/mol. The standard InChI is InChI=1S/C20H18N4OS/c1-14-10-17(15(2)24(14)20-22-8-9-26-20)11-18(12-21)19(25)23-13-16-6-4-3-5-7-16/h3-11H,13H2,1-2H3,(H,23,25)/b18-11+. The van der Waals surface area contributed by atoms with Crippen LogP contribution in [0.2, 0.25) is 0 Å².